The molecule has 0 spiro atoms. The van der Waals surface area contributed by atoms with E-state index in [-0.39, 0.29) is 18.0 Å². The zero-order valence-electron chi connectivity index (χ0n) is 11.4. The van der Waals surface area contributed by atoms with Crippen molar-refractivity contribution in [3.05, 3.63) is 0 Å². The number of rotatable bonds is 4. The van der Waals surface area contributed by atoms with Crippen molar-refractivity contribution in [2.45, 2.75) is 25.3 Å². The minimum absolute atomic E-state index is 0.0224. The number of hydrogen-bond donors (Lipinski definition) is 1. The van der Waals surface area contributed by atoms with Crippen LogP contribution in [0.2, 0.25) is 0 Å². The van der Waals surface area contributed by atoms with Crippen molar-refractivity contribution in [1.82, 2.24) is 15.1 Å². The van der Waals surface area contributed by atoms with Crippen molar-refractivity contribution in [3.8, 4) is 0 Å². The molecule has 1 rings (SSSR count). The molecule has 104 valence electrons. The van der Waals surface area contributed by atoms with Gasteiger partial charge in [0.05, 0.1) is 6.61 Å². The van der Waals surface area contributed by atoms with E-state index in [1.165, 1.54) is 0 Å². The molecule has 6 heteroatoms. The third kappa shape index (κ3) is 4.52. The van der Waals surface area contributed by atoms with Gasteiger partial charge in [0.15, 0.2) is 0 Å². The number of ether oxygens (including phenoxy) is 1. The molecule has 1 saturated heterocycles. The lowest BCUT2D eigenvalue weighted by Crippen LogP contribution is -2.49. The number of carbonyl (C=O) groups excluding carboxylic acids is 2. The molecule has 1 N–H and O–H groups in total. The van der Waals surface area contributed by atoms with Gasteiger partial charge in [0.25, 0.3) is 0 Å². The first-order valence-corrected chi connectivity index (χ1v) is 6.29. The molecule has 0 bridgehead atoms. The van der Waals surface area contributed by atoms with Gasteiger partial charge in [-0.05, 0) is 12.8 Å². The van der Waals surface area contributed by atoms with Crippen molar-refractivity contribution < 1.29 is 14.3 Å². The van der Waals surface area contributed by atoms with Gasteiger partial charge in [-0.3, -0.25) is 4.79 Å². The standard InChI is InChI=1S/C12H23N3O3/c1-14(2)12(17)15-7-4-10(5-8-15)13-11(16)6-9-18-3/h10H,4-9H2,1-3H3,(H,13,16). The van der Waals surface area contributed by atoms with Crippen LogP contribution in [0.5, 0.6) is 0 Å². The van der Waals surface area contributed by atoms with Crippen LogP contribution < -0.4 is 5.32 Å². The largest absolute Gasteiger partial charge is 0.384 e. The van der Waals surface area contributed by atoms with E-state index in [1.807, 2.05) is 4.90 Å². The van der Waals surface area contributed by atoms with E-state index in [4.69, 9.17) is 4.74 Å². The molecule has 0 aromatic rings. The third-order valence-corrected chi connectivity index (χ3v) is 3.05. The molecule has 0 saturated carbocycles. The lowest BCUT2D eigenvalue weighted by molar-refractivity contribution is -0.122. The highest BCUT2D eigenvalue weighted by atomic mass is 16.5. The quantitative estimate of drug-likeness (QED) is 0.787. The van der Waals surface area contributed by atoms with Crippen LogP contribution in [0.4, 0.5) is 4.79 Å². The van der Waals surface area contributed by atoms with E-state index in [0.717, 1.165) is 12.8 Å². The first-order chi connectivity index (χ1) is 8.54. The summed E-state index contributed by atoms with van der Waals surface area (Å²) in [4.78, 5) is 26.6. The molecule has 1 aliphatic heterocycles. The molecule has 1 fully saturated rings. The van der Waals surface area contributed by atoms with E-state index in [1.54, 1.807) is 26.1 Å². The Morgan fingerprint density at radius 1 is 1.33 bits per heavy atom. The fourth-order valence-electron chi connectivity index (χ4n) is 1.99. The van der Waals surface area contributed by atoms with Gasteiger partial charge < -0.3 is 19.9 Å². The molecular weight excluding hydrogens is 234 g/mol. The van der Waals surface area contributed by atoms with Gasteiger partial charge >= 0.3 is 6.03 Å². The Labute approximate surface area is 108 Å². The molecule has 6 nitrogen and oxygen atoms in total. The molecule has 1 heterocycles. The monoisotopic (exact) mass is 257 g/mol. The van der Waals surface area contributed by atoms with Gasteiger partial charge in [0, 0.05) is 46.8 Å². The molecule has 3 amide bonds. The van der Waals surface area contributed by atoms with Crippen LogP contribution >= 0.6 is 0 Å². The number of carbonyl (C=O) groups is 2. The summed E-state index contributed by atoms with van der Waals surface area (Å²) < 4.78 is 4.86. The molecule has 0 aliphatic carbocycles. The molecule has 18 heavy (non-hydrogen) atoms. The minimum Gasteiger partial charge on any atom is -0.384 e. The Bertz CT molecular complexity index is 286. The summed E-state index contributed by atoms with van der Waals surface area (Å²) in [5.41, 5.74) is 0. The number of nitrogens with zero attached hydrogens (tertiary/aromatic N) is 2. The highest BCUT2D eigenvalue weighted by Crippen LogP contribution is 2.11. The van der Waals surface area contributed by atoms with Crippen LogP contribution in [-0.2, 0) is 9.53 Å². The van der Waals surface area contributed by atoms with Crippen molar-refractivity contribution >= 4 is 11.9 Å². The first-order valence-electron chi connectivity index (χ1n) is 6.29. The van der Waals surface area contributed by atoms with E-state index in [0.29, 0.717) is 26.1 Å². The van der Waals surface area contributed by atoms with E-state index >= 15 is 0 Å². The van der Waals surface area contributed by atoms with Gasteiger partial charge in [-0.25, -0.2) is 4.79 Å². The van der Waals surface area contributed by atoms with Gasteiger partial charge in [0.1, 0.15) is 0 Å². The Morgan fingerprint density at radius 3 is 2.44 bits per heavy atom. The Hall–Kier alpha value is -1.30. The Morgan fingerprint density at radius 2 is 1.94 bits per heavy atom. The SMILES string of the molecule is COCCC(=O)NC1CCN(C(=O)N(C)C)CC1. The third-order valence-electron chi connectivity index (χ3n) is 3.05. The fourth-order valence-corrected chi connectivity index (χ4v) is 1.99. The molecule has 0 unspecified atom stereocenters. The van der Waals surface area contributed by atoms with E-state index in [2.05, 4.69) is 5.32 Å². The summed E-state index contributed by atoms with van der Waals surface area (Å²) in [6.07, 6.45) is 2.03. The summed E-state index contributed by atoms with van der Waals surface area (Å²) >= 11 is 0. The highest BCUT2D eigenvalue weighted by molar-refractivity contribution is 5.76. The molecular formula is C12H23N3O3. The number of methoxy groups -OCH3 is 1. The number of hydrogen-bond acceptors (Lipinski definition) is 3. The first kappa shape index (κ1) is 14.8. The fraction of sp³-hybridized carbons (Fsp3) is 0.833. The predicted molar refractivity (Wildman–Crippen MR) is 68.3 cm³/mol. The van der Waals surface area contributed by atoms with Crippen LogP contribution in [0, 0.1) is 0 Å². The average Bonchev–Trinajstić information content (AvgIpc) is 2.36. The zero-order valence-corrected chi connectivity index (χ0v) is 11.4. The van der Waals surface area contributed by atoms with Gasteiger partial charge in [-0.2, -0.15) is 0 Å². The predicted octanol–water partition coefficient (Wildman–Crippen LogP) is 0.285. The normalized spacial score (nSPS) is 16.5. The lowest BCUT2D eigenvalue weighted by atomic mass is 10.1. The van der Waals surface area contributed by atoms with Crippen LogP contribution in [0.25, 0.3) is 0 Å². The van der Waals surface area contributed by atoms with Gasteiger partial charge in [-0.15, -0.1) is 0 Å². The molecule has 0 atom stereocenters. The van der Waals surface area contributed by atoms with Crippen LogP contribution in [-0.4, -0.2) is 68.7 Å². The van der Waals surface area contributed by atoms with Crippen LogP contribution in [0.3, 0.4) is 0 Å². The number of likely N-dealkylation sites (tertiary alicyclic amines) is 1. The summed E-state index contributed by atoms with van der Waals surface area (Å²) in [6.45, 7) is 1.85. The summed E-state index contributed by atoms with van der Waals surface area (Å²) in [7, 11) is 5.08. The Kier molecular flexibility index (Phi) is 5.91. The maximum atomic E-state index is 11.7. The van der Waals surface area contributed by atoms with Crippen molar-refractivity contribution in [1.29, 1.82) is 0 Å². The number of nitrogens with one attached hydrogen (secondary N) is 1. The lowest BCUT2D eigenvalue weighted by Gasteiger charge is -2.33. The maximum Gasteiger partial charge on any atom is 0.319 e. The highest BCUT2D eigenvalue weighted by Gasteiger charge is 2.24. The average molecular weight is 257 g/mol. The number of urea groups is 1. The van der Waals surface area contributed by atoms with Crippen molar-refractivity contribution in [2.75, 3.05) is 40.9 Å². The summed E-state index contributed by atoms with van der Waals surface area (Å²) in [6, 6.07) is 0.222. The second-order valence-corrected chi connectivity index (χ2v) is 4.75. The number of piperidine rings is 1. The molecule has 0 radical (unpaired) electrons. The van der Waals surface area contributed by atoms with E-state index < -0.39 is 0 Å². The Balaban J connectivity index is 2.27. The van der Waals surface area contributed by atoms with Gasteiger partial charge in [-0.1, -0.05) is 0 Å². The number of amides is 3. The smallest absolute Gasteiger partial charge is 0.319 e. The van der Waals surface area contributed by atoms with Crippen LogP contribution in [0.15, 0.2) is 0 Å². The molecule has 1 aliphatic rings. The topological polar surface area (TPSA) is 61.9 Å². The zero-order chi connectivity index (χ0) is 13.5. The molecule has 0 aromatic carbocycles. The van der Waals surface area contributed by atoms with E-state index in [9.17, 15) is 9.59 Å². The van der Waals surface area contributed by atoms with Gasteiger partial charge in [0.2, 0.25) is 5.91 Å². The second kappa shape index (κ2) is 7.20. The van der Waals surface area contributed by atoms with Crippen molar-refractivity contribution in [2.24, 2.45) is 0 Å². The minimum atomic E-state index is 0.0224. The summed E-state index contributed by atoms with van der Waals surface area (Å²) in [5, 5.41) is 2.97. The summed E-state index contributed by atoms with van der Waals surface area (Å²) in [5.74, 6) is 0.0224. The molecule has 0 aromatic heterocycles. The second-order valence-electron chi connectivity index (χ2n) is 4.75. The maximum absolute atomic E-state index is 11.7. The van der Waals surface area contributed by atoms with Crippen molar-refractivity contribution in [3.63, 3.8) is 0 Å². The van der Waals surface area contributed by atoms with Crippen LogP contribution in [0.1, 0.15) is 19.3 Å².